The van der Waals surface area contributed by atoms with Crippen molar-refractivity contribution in [1.82, 2.24) is 0 Å². The van der Waals surface area contributed by atoms with E-state index < -0.39 is 0 Å². The van der Waals surface area contributed by atoms with Crippen LogP contribution in [0.2, 0.25) is 0 Å². The summed E-state index contributed by atoms with van der Waals surface area (Å²) in [6, 6.07) is 0. The normalized spacial score (nSPS) is 36.6. The van der Waals surface area contributed by atoms with Crippen molar-refractivity contribution >= 4 is 6.29 Å². The number of carbonyl (C=O) groups is 1. The molecule has 0 aromatic carbocycles. The molecule has 0 spiro atoms. The Morgan fingerprint density at radius 1 is 1.64 bits per heavy atom. The van der Waals surface area contributed by atoms with Crippen molar-refractivity contribution in [3.63, 3.8) is 0 Å². The van der Waals surface area contributed by atoms with Crippen LogP contribution < -0.4 is 0 Å². The third kappa shape index (κ3) is 1.42. The lowest BCUT2D eigenvalue weighted by atomic mass is 9.75. The molecule has 0 N–H and O–H groups in total. The van der Waals surface area contributed by atoms with E-state index in [4.69, 9.17) is 0 Å². The summed E-state index contributed by atoms with van der Waals surface area (Å²) >= 11 is 0. The minimum atomic E-state index is -0.278. The summed E-state index contributed by atoms with van der Waals surface area (Å²) in [5.74, 6) is 0.324. The molecular formula is C10H14O. The summed E-state index contributed by atoms with van der Waals surface area (Å²) < 4.78 is 0. The largest absolute Gasteiger partial charge is 0.302 e. The molecule has 0 aromatic rings. The molecule has 1 rings (SSSR count). The molecule has 2 atom stereocenters. The Hall–Kier alpha value is -0.850. The van der Waals surface area contributed by atoms with Crippen LogP contribution in [-0.2, 0) is 4.79 Å². The fourth-order valence-electron chi connectivity index (χ4n) is 1.24. The zero-order chi connectivity index (χ0) is 8.48. The first-order chi connectivity index (χ1) is 5.08. The van der Waals surface area contributed by atoms with Crippen molar-refractivity contribution in [1.29, 1.82) is 0 Å². The van der Waals surface area contributed by atoms with E-state index in [0.717, 1.165) is 6.29 Å². The standard InChI is InChI=1S/C10H14O/c1-8-4-5-10(3,7-11)9(2)6-8/h4-7,9H,1-3H3. The van der Waals surface area contributed by atoms with E-state index in [1.807, 2.05) is 19.1 Å². The van der Waals surface area contributed by atoms with Crippen LogP contribution in [0.1, 0.15) is 20.8 Å². The molecule has 0 heterocycles. The number of hydrogen-bond donors (Lipinski definition) is 0. The molecule has 0 fully saturated rings. The van der Waals surface area contributed by atoms with Crippen LogP contribution >= 0.6 is 0 Å². The highest BCUT2D eigenvalue weighted by atomic mass is 16.1. The van der Waals surface area contributed by atoms with Gasteiger partial charge in [0.15, 0.2) is 0 Å². The van der Waals surface area contributed by atoms with Crippen LogP contribution in [-0.4, -0.2) is 6.29 Å². The topological polar surface area (TPSA) is 17.1 Å². The number of allylic oxidation sites excluding steroid dienone is 4. The van der Waals surface area contributed by atoms with Crippen LogP contribution in [0, 0.1) is 11.3 Å². The van der Waals surface area contributed by atoms with Crippen molar-refractivity contribution in [2.24, 2.45) is 11.3 Å². The van der Waals surface area contributed by atoms with E-state index in [0.29, 0.717) is 5.92 Å². The number of hydrogen-bond acceptors (Lipinski definition) is 1. The van der Waals surface area contributed by atoms with Crippen molar-refractivity contribution in [3.8, 4) is 0 Å². The van der Waals surface area contributed by atoms with E-state index in [2.05, 4.69) is 19.9 Å². The van der Waals surface area contributed by atoms with Crippen LogP contribution in [0.3, 0.4) is 0 Å². The lowest BCUT2D eigenvalue weighted by Crippen LogP contribution is -2.25. The van der Waals surface area contributed by atoms with Crippen LogP contribution in [0.15, 0.2) is 23.8 Å². The molecular weight excluding hydrogens is 136 g/mol. The van der Waals surface area contributed by atoms with Gasteiger partial charge in [0.25, 0.3) is 0 Å². The second-order valence-corrected chi connectivity index (χ2v) is 3.52. The molecule has 0 bridgehead atoms. The lowest BCUT2D eigenvalue weighted by molar-refractivity contribution is -0.114. The maximum Gasteiger partial charge on any atom is 0.130 e. The van der Waals surface area contributed by atoms with Crippen molar-refractivity contribution in [2.75, 3.05) is 0 Å². The minimum Gasteiger partial charge on any atom is -0.302 e. The molecule has 2 unspecified atom stereocenters. The van der Waals surface area contributed by atoms with Crippen molar-refractivity contribution < 1.29 is 4.79 Å². The summed E-state index contributed by atoms with van der Waals surface area (Å²) in [6.07, 6.45) is 7.15. The maximum atomic E-state index is 10.7. The molecule has 1 nitrogen and oxygen atoms in total. The Kier molecular flexibility index (Phi) is 1.99. The summed E-state index contributed by atoms with van der Waals surface area (Å²) in [6.45, 7) is 6.09. The highest BCUT2D eigenvalue weighted by Crippen LogP contribution is 2.32. The molecule has 0 aromatic heterocycles. The Bertz CT molecular complexity index is 225. The Labute approximate surface area is 67.8 Å². The predicted molar refractivity (Wildman–Crippen MR) is 46.2 cm³/mol. The van der Waals surface area contributed by atoms with Gasteiger partial charge in [-0.2, -0.15) is 0 Å². The molecule has 1 aliphatic rings. The number of rotatable bonds is 1. The fourth-order valence-corrected chi connectivity index (χ4v) is 1.24. The summed E-state index contributed by atoms with van der Waals surface area (Å²) in [4.78, 5) is 10.7. The lowest BCUT2D eigenvalue weighted by Gasteiger charge is -2.27. The molecule has 0 aliphatic heterocycles. The van der Waals surface area contributed by atoms with E-state index in [1.54, 1.807) is 0 Å². The molecule has 1 aliphatic carbocycles. The minimum absolute atomic E-state index is 0.278. The quantitative estimate of drug-likeness (QED) is 0.524. The number of aldehydes is 1. The van der Waals surface area contributed by atoms with Gasteiger partial charge < -0.3 is 4.79 Å². The first kappa shape index (κ1) is 8.25. The summed E-state index contributed by atoms with van der Waals surface area (Å²) in [7, 11) is 0. The fraction of sp³-hybridized carbons (Fsp3) is 0.500. The van der Waals surface area contributed by atoms with Gasteiger partial charge in [-0.3, -0.25) is 0 Å². The molecule has 11 heavy (non-hydrogen) atoms. The van der Waals surface area contributed by atoms with Gasteiger partial charge >= 0.3 is 0 Å². The monoisotopic (exact) mass is 150 g/mol. The first-order valence-corrected chi connectivity index (χ1v) is 3.92. The smallest absolute Gasteiger partial charge is 0.130 e. The summed E-state index contributed by atoms with van der Waals surface area (Å²) in [5, 5.41) is 0. The highest BCUT2D eigenvalue weighted by Gasteiger charge is 2.28. The van der Waals surface area contributed by atoms with Gasteiger partial charge in [0.2, 0.25) is 0 Å². The summed E-state index contributed by atoms with van der Waals surface area (Å²) in [5.41, 5.74) is 0.969. The van der Waals surface area contributed by atoms with Gasteiger partial charge in [-0.25, -0.2) is 0 Å². The predicted octanol–water partition coefficient (Wildman–Crippen LogP) is 2.34. The third-order valence-corrected chi connectivity index (χ3v) is 2.45. The third-order valence-electron chi connectivity index (χ3n) is 2.45. The van der Waals surface area contributed by atoms with Gasteiger partial charge in [0, 0.05) is 5.41 Å². The van der Waals surface area contributed by atoms with Crippen LogP contribution in [0.5, 0.6) is 0 Å². The zero-order valence-electron chi connectivity index (χ0n) is 7.29. The van der Waals surface area contributed by atoms with Gasteiger partial charge in [0.05, 0.1) is 0 Å². The van der Waals surface area contributed by atoms with Gasteiger partial charge in [0.1, 0.15) is 6.29 Å². The van der Waals surface area contributed by atoms with Crippen molar-refractivity contribution in [3.05, 3.63) is 23.8 Å². The van der Waals surface area contributed by atoms with E-state index in [-0.39, 0.29) is 5.41 Å². The van der Waals surface area contributed by atoms with E-state index in [1.165, 1.54) is 5.57 Å². The van der Waals surface area contributed by atoms with Crippen LogP contribution in [0.25, 0.3) is 0 Å². The molecule has 0 saturated heterocycles. The average Bonchev–Trinajstić information content (AvgIpc) is 1.98. The highest BCUT2D eigenvalue weighted by molar-refractivity contribution is 5.64. The van der Waals surface area contributed by atoms with E-state index >= 15 is 0 Å². The van der Waals surface area contributed by atoms with E-state index in [9.17, 15) is 4.79 Å². The molecule has 60 valence electrons. The second kappa shape index (κ2) is 2.65. The maximum absolute atomic E-state index is 10.7. The SMILES string of the molecule is CC1=CC(C)C(C)(C=O)C=C1. The number of carbonyl (C=O) groups excluding carboxylic acids is 1. The van der Waals surface area contributed by atoms with Crippen molar-refractivity contribution in [2.45, 2.75) is 20.8 Å². The second-order valence-electron chi connectivity index (χ2n) is 3.52. The molecule has 0 radical (unpaired) electrons. The Morgan fingerprint density at radius 2 is 2.27 bits per heavy atom. The Balaban J connectivity index is 2.92. The molecule has 0 amide bonds. The molecule has 0 saturated carbocycles. The van der Waals surface area contributed by atoms with Gasteiger partial charge in [-0.05, 0) is 19.8 Å². The molecule has 1 heteroatoms. The average molecular weight is 150 g/mol. The van der Waals surface area contributed by atoms with Gasteiger partial charge in [-0.15, -0.1) is 0 Å². The zero-order valence-corrected chi connectivity index (χ0v) is 7.29. The van der Waals surface area contributed by atoms with Gasteiger partial charge in [-0.1, -0.05) is 30.7 Å². The van der Waals surface area contributed by atoms with Crippen LogP contribution in [0.4, 0.5) is 0 Å². The first-order valence-electron chi connectivity index (χ1n) is 3.92. The Morgan fingerprint density at radius 3 is 2.73 bits per heavy atom.